The Bertz CT molecular complexity index is 568. The summed E-state index contributed by atoms with van der Waals surface area (Å²) < 4.78 is 39.5. The molecule has 0 saturated carbocycles. The highest BCUT2D eigenvalue weighted by molar-refractivity contribution is 9.10. The number of nitrogens with zero attached hydrogens (tertiary/aromatic N) is 3. The average Bonchev–Trinajstić information content (AvgIpc) is 2.76. The largest absolute Gasteiger partial charge is 0.417 e. The summed E-state index contributed by atoms with van der Waals surface area (Å²) in [5.41, 5.74) is 0.0156. The second-order valence-electron chi connectivity index (χ2n) is 3.43. The highest BCUT2D eigenvalue weighted by Gasteiger charge is 2.33. The minimum Gasteiger partial charge on any atom is -0.216 e. The van der Waals surface area contributed by atoms with Gasteiger partial charge in [-0.05, 0) is 18.2 Å². The van der Waals surface area contributed by atoms with Gasteiger partial charge in [0.05, 0.1) is 29.0 Å². The molecule has 0 atom stereocenters. The topological polar surface area (TPSA) is 30.7 Å². The molecule has 0 amide bonds. The molecule has 0 aliphatic heterocycles. The molecule has 0 aliphatic carbocycles. The van der Waals surface area contributed by atoms with E-state index in [-0.39, 0.29) is 16.0 Å². The minimum absolute atomic E-state index is 0.0220. The predicted molar refractivity (Wildman–Crippen MR) is 63.6 cm³/mol. The highest BCUT2D eigenvalue weighted by atomic mass is 79.9. The molecule has 0 fully saturated rings. The van der Waals surface area contributed by atoms with Gasteiger partial charge >= 0.3 is 6.18 Å². The Morgan fingerprint density at radius 3 is 2.67 bits per heavy atom. The summed E-state index contributed by atoms with van der Waals surface area (Å²) in [4.78, 5) is 0. The van der Waals surface area contributed by atoms with E-state index in [1.54, 1.807) is 0 Å². The molecule has 0 N–H and O–H groups in total. The molecule has 1 aromatic heterocycles. The van der Waals surface area contributed by atoms with Crippen molar-refractivity contribution in [3.63, 3.8) is 0 Å². The van der Waals surface area contributed by atoms with Gasteiger partial charge in [0.2, 0.25) is 0 Å². The van der Waals surface area contributed by atoms with Crippen molar-refractivity contribution in [1.29, 1.82) is 0 Å². The maximum Gasteiger partial charge on any atom is 0.417 e. The van der Waals surface area contributed by atoms with E-state index < -0.39 is 11.7 Å². The third-order valence-electron chi connectivity index (χ3n) is 2.26. The third-order valence-corrected chi connectivity index (χ3v) is 3.22. The molecule has 2 aromatic rings. The first kappa shape index (κ1) is 13.4. The van der Waals surface area contributed by atoms with Gasteiger partial charge in [-0.25, -0.2) is 4.68 Å². The van der Waals surface area contributed by atoms with Crippen LogP contribution in [0.4, 0.5) is 13.2 Å². The molecule has 0 spiro atoms. The number of halogens is 5. The normalized spacial score (nSPS) is 11.8. The molecule has 18 heavy (non-hydrogen) atoms. The van der Waals surface area contributed by atoms with Crippen molar-refractivity contribution >= 4 is 27.5 Å². The van der Waals surface area contributed by atoms with Crippen LogP contribution in [0.2, 0.25) is 0 Å². The van der Waals surface area contributed by atoms with Crippen LogP contribution in [0.1, 0.15) is 11.3 Å². The van der Waals surface area contributed by atoms with Gasteiger partial charge in [-0.2, -0.15) is 13.2 Å². The highest BCUT2D eigenvalue weighted by Crippen LogP contribution is 2.36. The smallest absolute Gasteiger partial charge is 0.216 e. The lowest BCUT2D eigenvalue weighted by atomic mass is 10.2. The van der Waals surface area contributed by atoms with E-state index in [0.717, 1.165) is 6.07 Å². The molecule has 1 aromatic carbocycles. The molecule has 3 nitrogen and oxygen atoms in total. The number of benzene rings is 1. The predicted octanol–water partition coefficient (Wildman–Crippen LogP) is 3.79. The zero-order chi connectivity index (χ0) is 13.3. The van der Waals surface area contributed by atoms with E-state index in [0.29, 0.717) is 5.69 Å². The average molecular weight is 341 g/mol. The summed E-state index contributed by atoms with van der Waals surface area (Å²) in [5.74, 6) is 0.115. The summed E-state index contributed by atoms with van der Waals surface area (Å²) >= 11 is 8.53. The van der Waals surface area contributed by atoms with E-state index in [4.69, 9.17) is 11.6 Å². The Kier molecular flexibility index (Phi) is 3.63. The van der Waals surface area contributed by atoms with Crippen molar-refractivity contribution in [3.8, 4) is 5.69 Å². The third kappa shape index (κ3) is 2.51. The van der Waals surface area contributed by atoms with Gasteiger partial charge in [-0.3, -0.25) is 0 Å². The van der Waals surface area contributed by atoms with Crippen molar-refractivity contribution in [1.82, 2.24) is 15.0 Å². The Balaban J connectivity index is 2.54. The first-order valence-electron chi connectivity index (χ1n) is 4.76. The summed E-state index contributed by atoms with van der Waals surface area (Å²) in [6, 6.07) is 3.82. The van der Waals surface area contributed by atoms with Gasteiger partial charge in [0, 0.05) is 4.47 Å². The Labute approximate surface area is 114 Å². The van der Waals surface area contributed by atoms with Gasteiger partial charge in [0.15, 0.2) is 0 Å². The number of hydrogen-bond donors (Lipinski definition) is 0. The molecule has 0 unspecified atom stereocenters. The van der Waals surface area contributed by atoms with Crippen LogP contribution < -0.4 is 0 Å². The monoisotopic (exact) mass is 339 g/mol. The molecule has 1 heterocycles. The SMILES string of the molecule is FC(F)(F)c1cc(-n2nncc2CCl)ccc1Br. The van der Waals surface area contributed by atoms with Crippen LogP contribution in [0.25, 0.3) is 5.69 Å². The van der Waals surface area contributed by atoms with E-state index in [9.17, 15) is 13.2 Å². The first-order chi connectivity index (χ1) is 8.43. The van der Waals surface area contributed by atoms with Crippen molar-refractivity contribution in [2.45, 2.75) is 12.1 Å². The summed E-state index contributed by atoms with van der Waals surface area (Å²) in [7, 11) is 0. The fourth-order valence-electron chi connectivity index (χ4n) is 1.43. The summed E-state index contributed by atoms with van der Waals surface area (Å²) in [5, 5.41) is 7.33. The van der Waals surface area contributed by atoms with E-state index >= 15 is 0 Å². The molecular formula is C10H6BrClF3N3. The minimum atomic E-state index is -4.43. The standard InChI is InChI=1S/C10H6BrClF3N3/c11-9-2-1-6(3-8(9)10(13,14)15)18-7(4-12)5-16-17-18/h1-3,5H,4H2. The maximum absolute atomic E-state index is 12.8. The molecule has 0 radical (unpaired) electrons. The lowest BCUT2D eigenvalue weighted by Crippen LogP contribution is -2.08. The van der Waals surface area contributed by atoms with Gasteiger partial charge < -0.3 is 0 Å². The van der Waals surface area contributed by atoms with Crippen LogP contribution in [0, 0.1) is 0 Å². The Morgan fingerprint density at radius 1 is 1.33 bits per heavy atom. The molecule has 8 heteroatoms. The Hall–Kier alpha value is -1.08. The fourth-order valence-corrected chi connectivity index (χ4v) is 2.08. The van der Waals surface area contributed by atoms with E-state index in [2.05, 4.69) is 26.2 Å². The molecule has 2 rings (SSSR count). The molecule has 0 saturated heterocycles. The van der Waals surface area contributed by atoms with Crippen LogP contribution in [-0.4, -0.2) is 15.0 Å². The zero-order valence-corrected chi connectivity index (χ0v) is 11.1. The van der Waals surface area contributed by atoms with Gasteiger partial charge in [0.25, 0.3) is 0 Å². The number of hydrogen-bond acceptors (Lipinski definition) is 2. The second kappa shape index (κ2) is 4.89. The molecular weight excluding hydrogens is 334 g/mol. The van der Waals surface area contributed by atoms with Crippen LogP contribution in [0.15, 0.2) is 28.9 Å². The van der Waals surface area contributed by atoms with Gasteiger partial charge in [-0.15, -0.1) is 16.7 Å². The van der Waals surface area contributed by atoms with Crippen LogP contribution in [0.3, 0.4) is 0 Å². The lowest BCUT2D eigenvalue weighted by molar-refractivity contribution is -0.138. The van der Waals surface area contributed by atoms with Crippen molar-refractivity contribution < 1.29 is 13.2 Å². The first-order valence-corrected chi connectivity index (χ1v) is 6.09. The van der Waals surface area contributed by atoms with E-state index in [1.165, 1.54) is 23.0 Å². The number of rotatable bonds is 2. The fraction of sp³-hybridized carbons (Fsp3) is 0.200. The lowest BCUT2D eigenvalue weighted by Gasteiger charge is -2.11. The Morgan fingerprint density at radius 2 is 2.06 bits per heavy atom. The van der Waals surface area contributed by atoms with Crippen LogP contribution >= 0.6 is 27.5 Å². The maximum atomic E-state index is 12.8. The summed E-state index contributed by atoms with van der Waals surface area (Å²) in [6.07, 6.45) is -3.03. The van der Waals surface area contributed by atoms with Crippen LogP contribution in [-0.2, 0) is 12.1 Å². The van der Waals surface area contributed by atoms with Crippen molar-refractivity contribution in [2.24, 2.45) is 0 Å². The quantitative estimate of drug-likeness (QED) is 0.779. The summed E-state index contributed by atoms with van der Waals surface area (Å²) in [6.45, 7) is 0. The zero-order valence-electron chi connectivity index (χ0n) is 8.75. The van der Waals surface area contributed by atoms with E-state index in [1.807, 2.05) is 0 Å². The number of aromatic nitrogens is 3. The van der Waals surface area contributed by atoms with Gasteiger partial charge in [-0.1, -0.05) is 21.1 Å². The van der Waals surface area contributed by atoms with Gasteiger partial charge in [0.1, 0.15) is 0 Å². The van der Waals surface area contributed by atoms with Crippen molar-refractivity contribution in [3.05, 3.63) is 40.1 Å². The van der Waals surface area contributed by atoms with Crippen molar-refractivity contribution in [2.75, 3.05) is 0 Å². The molecule has 0 aliphatic rings. The number of alkyl halides is 4. The van der Waals surface area contributed by atoms with Crippen LogP contribution in [0.5, 0.6) is 0 Å². The second-order valence-corrected chi connectivity index (χ2v) is 4.55. The molecule has 96 valence electrons. The molecule has 0 bridgehead atoms.